The van der Waals surface area contributed by atoms with Crippen LogP contribution in [0.25, 0.3) is 11.4 Å². The minimum absolute atomic E-state index is 0.187. The summed E-state index contributed by atoms with van der Waals surface area (Å²) in [5, 5.41) is 12.6. The second-order valence-corrected chi connectivity index (χ2v) is 3.78. The Morgan fingerprint density at radius 3 is 2.82 bits per heavy atom. The minimum atomic E-state index is 0.187. The third kappa shape index (κ3) is 2.82. The number of nitrogens with zero attached hydrogens (tertiary/aromatic N) is 2. The SMILES string of the molecule is Nc1ccccc1-c1noc(CCCCO)n1. The average Bonchev–Trinajstić information content (AvgIpc) is 2.79. The molecule has 0 atom stereocenters. The van der Waals surface area contributed by atoms with Gasteiger partial charge in [-0.1, -0.05) is 17.3 Å². The predicted molar refractivity (Wildman–Crippen MR) is 64.2 cm³/mol. The van der Waals surface area contributed by atoms with Crippen LogP contribution >= 0.6 is 0 Å². The van der Waals surface area contributed by atoms with Gasteiger partial charge in [0.2, 0.25) is 11.7 Å². The van der Waals surface area contributed by atoms with E-state index >= 15 is 0 Å². The largest absolute Gasteiger partial charge is 0.398 e. The molecule has 1 heterocycles. The molecule has 0 unspecified atom stereocenters. The molecule has 0 bridgehead atoms. The summed E-state index contributed by atoms with van der Waals surface area (Å²) >= 11 is 0. The van der Waals surface area contributed by atoms with E-state index in [-0.39, 0.29) is 6.61 Å². The Labute approximate surface area is 99.3 Å². The van der Waals surface area contributed by atoms with Gasteiger partial charge in [0.1, 0.15) is 0 Å². The molecule has 1 aromatic heterocycles. The number of rotatable bonds is 5. The predicted octanol–water partition coefficient (Wildman–Crippen LogP) is 1.63. The van der Waals surface area contributed by atoms with E-state index < -0.39 is 0 Å². The molecule has 0 saturated heterocycles. The van der Waals surface area contributed by atoms with Crippen molar-refractivity contribution in [2.75, 3.05) is 12.3 Å². The van der Waals surface area contributed by atoms with Gasteiger partial charge < -0.3 is 15.4 Å². The van der Waals surface area contributed by atoms with Crippen LogP contribution in [0, 0.1) is 0 Å². The number of nitrogens with two attached hydrogens (primary N) is 1. The standard InChI is InChI=1S/C12H15N3O2/c13-10-6-2-1-5-9(10)12-14-11(17-15-12)7-3-4-8-16/h1-2,5-6,16H,3-4,7-8,13H2. The number of nitrogen functional groups attached to an aromatic ring is 1. The van der Waals surface area contributed by atoms with Crippen molar-refractivity contribution in [3.63, 3.8) is 0 Å². The topological polar surface area (TPSA) is 85.2 Å². The summed E-state index contributed by atoms with van der Waals surface area (Å²) < 4.78 is 5.12. The van der Waals surface area contributed by atoms with E-state index in [0.717, 1.165) is 18.4 Å². The smallest absolute Gasteiger partial charge is 0.226 e. The highest BCUT2D eigenvalue weighted by Gasteiger charge is 2.10. The first-order chi connectivity index (χ1) is 8.31. The number of aromatic nitrogens is 2. The summed E-state index contributed by atoms with van der Waals surface area (Å²) in [5.74, 6) is 1.10. The van der Waals surface area contributed by atoms with Crippen LogP contribution in [0.15, 0.2) is 28.8 Å². The van der Waals surface area contributed by atoms with Gasteiger partial charge in [-0.05, 0) is 25.0 Å². The maximum Gasteiger partial charge on any atom is 0.226 e. The van der Waals surface area contributed by atoms with Crippen molar-refractivity contribution in [1.82, 2.24) is 10.1 Å². The Balaban J connectivity index is 2.10. The second kappa shape index (κ2) is 5.45. The zero-order valence-corrected chi connectivity index (χ0v) is 9.47. The molecule has 0 amide bonds. The van der Waals surface area contributed by atoms with Gasteiger partial charge in [0.25, 0.3) is 0 Å². The Hall–Kier alpha value is -1.88. The maximum absolute atomic E-state index is 8.68. The molecule has 5 nitrogen and oxygen atoms in total. The van der Waals surface area contributed by atoms with Gasteiger partial charge in [-0.3, -0.25) is 0 Å². The lowest BCUT2D eigenvalue weighted by Crippen LogP contribution is -1.91. The molecule has 17 heavy (non-hydrogen) atoms. The van der Waals surface area contributed by atoms with E-state index in [1.54, 1.807) is 6.07 Å². The first kappa shape index (κ1) is 11.6. The maximum atomic E-state index is 8.68. The molecule has 0 aliphatic carbocycles. The van der Waals surface area contributed by atoms with Crippen LogP contribution in [0.3, 0.4) is 0 Å². The molecule has 3 N–H and O–H groups in total. The van der Waals surface area contributed by atoms with Crippen molar-refractivity contribution in [3.8, 4) is 11.4 Å². The summed E-state index contributed by atoms with van der Waals surface area (Å²) in [6.07, 6.45) is 2.26. The quantitative estimate of drug-likeness (QED) is 0.605. The lowest BCUT2D eigenvalue weighted by atomic mass is 10.2. The van der Waals surface area contributed by atoms with Crippen LogP contribution in [-0.4, -0.2) is 21.9 Å². The van der Waals surface area contributed by atoms with Crippen molar-refractivity contribution in [3.05, 3.63) is 30.2 Å². The Morgan fingerprint density at radius 1 is 1.24 bits per heavy atom. The van der Waals surface area contributed by atoms with E-state index in [9.17, 15) is 0 Å². The first-order valence-electron chi connectivity index (χ1n) is 5.59. The molecule has 0 aliphatic heterocycles. The van der Waals surface area contributed by atoms with E-state index in [4.69, 9.17) is 15.4 Å². The Morgan fingerprint density at radius 2 is 2.06 bits per heavy atom. The number of unbranched alkanes of at least 4 members (excludes halogenated alkanes) is 1. The molecule has 90 valence electrons. The van der Waals surface area contributed by atoms with Crippen LogP contribution in [0.2, 0.25) is 0 Å². The van der Waals surface area contributed by atoms with Crippen molar-refractivity contribution in [2.45, 2.75) is 19.3 Å². The molecule has 0 saturated carbocycles. The third-order valence-electron chi connectivity index (χ3n) is 2.47. The molecule has 0 fully saturated rings. The van der Waals surface area contributed by atoms with Gasteiger partial charge in [0.05, 0.1) is 0 Å². The van der Waals surface area contributed by atoms with Gasteiger partial charge in [-0.15, -0.1) is 0 Å². The fraction of sp³-hybridized carbons (Fsp3) is 0.333. The van der Waals surface area contributed by atoms with Crippen LogP contribution in [0.4, 0.5) is 5.69 Å². The van der Waals surface area contributed by atoms with Gasteiger partial charge >= 0.3 is 0 Å². The van der Waals surface area contributed by atoms with Crippen LogP contribution in [0.5, 0.6) is 0 Å². The number of aryl methyl sites for hydroxylation is 1. The molecule has 5 heteroatoms. The molecule has 0 aliphatic rings. The van der Waals surface area contributed by atoms with Crippen molar-refractivity contribution in [2.24, 2.45) is 0 Å². The molecule has 1 aromatic carbocycles. The summed E-state index contributed by atoms with van der Waals surface area (Å²) in [7, 11) is 0. The zero-order valence-electron chi connectivity index (χ0n) is 9.47. The van der Waals surface area contributed by atoms with Crippen LogP contribution < -0.4 is 5.73 Å². The number of benzene rings is 1. The Kier molecular flexibility index (Phi) is 3.72. The third-order valence-corrected chi connectivity index (χ3v) is 2.47. The highest BCUT2D eigenvalue weighted by atomic mass is 16.5. The van der Waals surface area contributed by atoms with Crippen LogP contribution in [-0.2, 0) is 6.42 Å². The molecule has 0 spiro atoms. The number of aliphatic hydroxyl groups is 1. The normalized spacial score (nSPS) is 10.6. The molecular weight excluding hydrogens is 218 g/mol. The van der Waals surface area contributed by atoms with Gasteiger partial charge in [-0.2, -0.15) is 4.98 Å². The van der Waals surface area contributed by atoms with Crippen molar-refractivity contribution >= 4 is 5.69 Å². The lowest BCUT2D eigenvalue weighted by Gasteiger charge is -1.98. The fourth-order valence-corrected chi connectivity index (χ4v) is 1.55. The molecular formula is C12H15N3O2. The van der Waals surface area contributed by atoms with Gasteiger partial charge in [0, 0.05) is 24.3 Å². The summed E-state index contributed by atoms with van der Waals surface area (Å²) in [6, 6.07) is 7.41. The average molecular weight is 233 g/mol. The van der Waals surface area contributed by atoms with Crippen molar-refractivity contribution < 1.29 is 9.63 Å². The molecule has 2 aromatic rings. The first-order valence-corrected chi connectivity index (χ1v) is 5.59. The van der Waals surface area contributed by atoms with Gasteiger partial charge in [-0.25, -0.2) is 0 Å². The van der Waals surface area contributed by atoms with E-state index in [1.165, 1.54) is 0 Å². The summed E-state index contributed by atoms with van der Waals surface area (Å²) in [5.41, 5.74) is 7.25. The van der Waals surface area contributed by atoms with E-state index in [1.807, 2.05) is 18.2 Å². The van der Waals surface area contributed by atoms with Crippen molar-refractivity contribution in [1.29, 1.82) is 0 Å². The summed E-state index contributed by atoms with van der Waals surface area (Å²) in [6.45, 7) is 0.187. The zero-order chi connectivity index (χ0) is 12.1. The lowest BCUT2D eigenvalue weighted by molar-refractivity contribution is 0.281. The fourth-order valence-electron chi connectivity index (χ4n) is 1.55. The van der Waals surface area contributed by atoms with Crippen LogP contribution in [0.1, 0.15) is 18.7 Å². The summed E-state index contributed by atoms with van der Waals surface area (Å²) in [4.78, 5) is 4.27. The minimum Gasteiger partial charge on any atom is -0.398 e. The highest BCUT2D eigenvalue weighted by Crippen LogP contribution is 2.22. The number of aliphatic hydroxyl groups excluding tert-OH is 1. The Bertz CT molecular complexity index is 482. The van der Waals surface area contributed by atoms with E-state index in [0.29, 0.717) is 23.8 Å². The monoisotopic (exact) mass is 233 g/mol. The van der Waals surface area contributed by atoms with E-state index in [2.05, 4.69) is 10.1 Å². The highest BCUT2D eigenvalue weighted by molar-refractivity contribution is 5.70. The number of hydrogen-bond donors (Lipinski definition) is 2. The number of anilines is 1. The second-order valence-electron chi connectivity index (χ2n) is 3.78. The number of para-hydroxylation sites is 1. The van der Waals surface area contributed by atoms with Gasteiger partial charge in [0.15, 0.2) is 0 Å². The number of hydrogen-bond acceptors (Lipinski definition) is 5. The molecule has 0 radical (unpaired) electrons. The molecule has 2 rings (SSSR count).